The Morgan fingerprint density at radius 3 is 2.69 bits per heavy atom. The summed E-state index contributed by atoms with van der Waals surface area (Å²) in [7, 11) is -2.84. The van der Waals surface area contributed by atoms with E-state index in [4.69, 9.17) is 0 Å². The highest BCUT2D eigenvalue weighted by molar-refractivity contribution is 7.70. The number of anilines is 1. The number of ketones is 1. The van der Waals surface area contributed by atoms with E-state index in [-0.39, 0.29) is 54.3 Å². The lowest BCUT2D eigenvalue weighted by Crippen LogP contribution is -2.48. The Labute approximate surface area is 199 Å². The summed E-state index contributed by atoms with van der Waals surface area (Å²) in [4.78, 5) is 35.2. The summed E-state index contributed by atoms with van der Waals surface area (Å²) in [6.07, 6.45) is 1.41. The first kappa shape index (κ1) is 24.7. The van der Waals surface area contributed by atoms with Gasteiger partial charge >= 0.3 is 0 Å². The summed E-state index contributed by atoms with van der Waals surface area (Å²) >= 11 is 0. The topological polar surface area (TPSA) is 121 Å². The van der Waals surface area contributed by atoms with Gasteiger partial charge in [0, 0.05) is 25.2 Å². The molecule has 2 N–H and O–H groups in total. The third-order valence-electron chi connectivity index (χ3n) is 5.48. The highest BCUT2D eigenvalue weighted by Crippen LogP contribution is 2.26. The van der Waals surface area contributed by atoms with Crippen LogP contribution < -0.4 is 14.9 Å². The van der Waals surface area contributed by atoms with Gasteiger partial charge in [0.05, 0.1) is 29.3 Å². The van der Waals surface area contributed by atoms with Crippen LogP contribution >= 0.6 is 0 Å². The number of piperazine rings is 1. The van der Waals surface area contributed by atoms with Crippen LogP contribution in [0.2, 0.25) is 0 Å². The number of carbonyl (C=O) groups excluding carboxylic acids is 2. The highest BCUT2D eigenvalue weighted by atomic mass is 32.2. The summed E-state index contributed by atoms with van der Waals surface area (Å²) in [6.45, 7) is 1.06. The van der Waals surface area contributed by atoms with Gasteiger partial charge in [-0.3, -0.25) is 19.5 Å². The van der Waals surface area contributed by atoms with Gasteiger partial charge in [-0.05, 0) is 42.7 Å². The average Bonchev–Trinajstić information content (AvgIpc) is 2.84. The maximum atomic E-state index is 15.1. The van der Waals surface area contributed by atoms with Crippen molar-refractivity contribution >= 4 is 39.4 Å². The van der Waals surface area contributed by atoms with E-state index in [0.717, 1.165) is 0 Å². The van der Waals surface area contributed by atoms with Crippen molar-refractivity contribution in [1.82, 2.24) is 20.0 Å². The molecule has 184 valence electrons. The molecular formula is C22H20F3N5O4S. The Kier molecular flexibility index (Phi) is 7.38. The quantitative estimate of drug-likeness (QED) is 0.182. The van der Waals surface area contributed by atoms with E-state index in [1.54, 1.807) is 0 Å². The molecule has 9 nitrogen and oxygen atoms in total. The second-order valence-corrected chi connectivity index (χ2v) is 8.60. The fourth-order valence-corrected chi connectivity index (χ4v) is 4.09. The van der Waals surface area contributed by atoms with Gasteiger partial charge in [-0.1, -0.05) is 0 Å². The van der Waals surface area contributed by atoms with Gasteiger partial charge in [-0.15, -0.1) is 0 Å². The Balaban J connectivity index is 1.66. The first-order chi connectivity index (χ1) is 16.8. The molecule has 0 atom stereocenters. The molecule has 0 radical (unpaired) electrons. The van der Waals surface area contributed by atoms with Crippen LogP contribution in [0.3, 0.4) is 0 Å². The molecule has 1 fully saturated rings. The summed E-state index contributed by atoms with van der Waals surface area (Å²) in [6, 6.07) is 4.66. The number of halogens is 3. The lowest BCUT2D eigenvalue weighted by Gasteiger charge is -2.26. The number of aryl methyl sites for hydroxylation is 1. The van der Waals surface area contributed by atoms with Crippen molar-refractivity contribution < 1.29 is 31.2 Å². The number of rotatable bonds is 8. The number of nitrogens with zero attached hydrogens (tertiary/aromatic N) is 3. The van der Waals surface area contributed by atoms with E-state index in [0.29, 0.717) is 24.7 Å². The molecule has 0 bridgehead atoms. The van der Waals surface area contributed by atoms with Crippen LogP contribution in [-0.2, 0) is 22.1 Å². The fraction of sp³-hybridized carbons (Fsp3) is 0.273. The van der Waals surface area contributed by atoms with Gasteiger partial charge in [0.15, 0.2) is 23.2 Å². The summed E-state index contributed by atoms with van der Waals surface area (Å²) in [5, 5.41) is 2.94. The number of benzene rings is 2. The van der Waals surface area contributed by atoms with Crippen molar-refractivity contribution in [2.75, 3.05) is 31.1 Å². The fourth-order valence-electron chi connectivity index (χ4n) is 3.75. The Morgan fingerprint density at radius 2 is 1.94 bits per heavy atom. The maximum Gasteiger partial charge on any atom is 0.242 e. The Morgan fingerprint density at radius 1 is 1.14 bits per heavy atom. The number of nitrogens with one attached hydrogen (secondary N) is 2. The van der Waals surface area contributed by atoms with Gasteiger partial charge in [-0.25, -0.2) is 31.3 Å². The van der Waals surface area contributed by atoms with Crippen LogP contribution in [0.5, 0.6) is 0 Å². The molecule has 1 amide bonds. The minimum Gasteiger partial charge on any atom is -0.307 e. The van der Waals surface area contributed by atoms with Gasteiger partial charge in [0.25, 0.3) is 0 Å². The molecule has 0 aliphatic carbocycles. The van der Waals surface area contributed by atoms with Crippen molar-refractivity contribution in [1.29, 1.82) is 0 Å². The van der Waals surface area contributed by atoms with Crippen molar-refractivity contribution in [3.63, 3.8) is 0 Å². The summed E-state index contributed by atoms with van der Waals surface area (Å²) in [5.74, 6) is -5.25. The summed E-state index contributed by atoms with van der Waals surface area (Å²) in [5.41, 5.74) is -0.846. The van der Waals surface area contributed by atoms with Crippen LogP contribution in [0.1, 0.15) is 27.9 Å². The first-order valence-corrected chi connectivity index (χ1v) is 11.8. The maximum absolute atomic E-state index is 15.1. The normalized spacial score (nSPS) is 14.2. The number of hydrogen-bond acceptors (Lipinski definition) is 7. The average molecular weight is 507 g/mol. The largest absolute Gasteiger partial charge is 0.307 e. The van der Waals surface area contributed by atoms with E-state index >= 15 is 4.39 Å². The molecule has 1 aliphatic rings. The van der Waals surface area contributed by atoms with Crippen molar-refractivity contribution in [2.45, 2.75) is 12.8 Å². The second-order valence-electron chi connectivity index (χ2n) is 7.77. The molecule has 0 spiro atoms. The molecule has 4 rings (SSSR count). The smallest absolute Gasteiger partial charge is 0.242 e. The predicted octanol–water partition coefficient (Wildman–Crippen LogP) is 1.26. The number of aromatic nitrogens is 2. The minimum atomic E-state index is -2.84. The van der Waals surface area contributed by atoms with Gasteiger partial charge in [0.1, 0.15) is 5.82 Å². The molecule has 13 heteroatoms. The molecule has 0 saturated carbocycles. The van der Waals surface area contributed by atoms with Crippen LogP contribution in [-0.4, -0.2) is 56.3 Å². The van der Waals surface area contributed by atoms with Crippen LogP contribution in [0, 0.1) is 17.5 Å². The van der Waals surface area contributed by atoms with E-state index in [1.165, 1.54) is 29.3 Å². The third-order valence-corrected chi connectivity index (χ3v) is 5.96. The lowest BCUT2D eigenvalue weighted by atomic mass is 9.97. The number of carbonyl (C=O) groups is 2. The van der Waals surface area contributed by atoms with Crippen molar-refractivity contribution in [2.24, 2.45) is 0 Å². The molecule has 35 heavy (non-hydrogen) atoms. The molecule has 1 aromatic heterocycles. The number of amides is 1. The van der Waals surface area contributed by atoms with Gasteiger partial charge in [-0.2, -0.15) is 0 Å². The third kappa shape index (κ3) is 5.31. The number of thiol groups is 1. The van der Waals surface area contributed by atoms with Crippen molar-refractivity contribution in [3.05, 3.63) is 64.6 Å². The van der Waals surface area contributed by atoms with E-state index in [9.17, 15) is 26.8 Å². The molecule has 0 unspecified atom stereocenters. The highest BCUT2D eigenvalue weighted by Gasteiger charge is 2.26. The monoisotopic (exact) mass is 507 g/mol. The van der Waals surface area contributed by atoms with Crippen LogP contribution in [0.25, 0.3) is 11.0 Å². The van der Waals surface area contributed by atoms with Crippen molar-refractivity contribution in [3.8, 4) is 0 Å². The zero-order chi connectivity index (χ0) is 25.1. The molecule has 2 heterocycles. The minimum absolute atomic E-state index is 0.0261. The van der Waals surface area contributed by atoms with Crippen LogP contribution in [0.15, 0.2) is 30.5 Å². The number of fused-ring (bicyclic) bond motifs is 1. The predicted molar refractivity (Wildman–Crippen MR) is 121 cm³/mol. The van der Waals surface area contributed by atoms with E-state index in [1.807, 2.05) is 0 Å². The summed E-state index contributed by atoms with van der Waals surface area (Å²) < 4.78 is 67.0. The standard InChI is InChI=1S/C22H20F3N5O4S/c23-14-8-12(2-1-5-28-35(33)34)20(24)19(21(14)25)22(32)13-3-4-15-16(9-13)29-17(10-27-15)30-7-6-26-11-18(30)31/h3-4,8-10,26,35H,1-2,5-7,11H2,(H,28,33,34). The van der Waals surface area contributed by atoms with E-state index < -0.39 is 39.7 Å². The first-order valence-electron chi connectivity index (χ1n) is 10.6. The molecule has 1 saturated heterocycles. The van der Waals surface area contributed by atoms with Gasteiger partial charge in [0.2, 0.25) is 16.8 Å². The lowest BCUT2D eigenvalue weighted by molar-refractivity contribution is -0.118. The Bertz CT molecular complexity index is 1390. The van der Waals surface area contributed by atoms with E-state index in [2.05, 4.69) is 20.0 Å². The zero-order valence-electron chi connectivity index (χ0n) is 18.2. The number of hydrogen-bond donors (Lipinski definition) is 3. The zero-order valence-corrected chi connectivity index (χ0v) is 19.1. The molecule has 1 aliphatic heterocycles. The SMILES string of the molecule is O=C(c1ccc2ncc(N3CCNCC3=O)nc2c1)c1c(F)c(F)cc(CCCN[SH](=O)=O)c1F. The molecule has 2 aromatic carbocycles. The Hall–Kier alpha value is -3.42. The second kappa shape index (κ2) is 10.5. The van der Waals surface area contributed by atoms with Gasteiger partial charge < -0.3 is 5.32 Å². The molecule has 3 aromatic rings. The molecular weight excluding hydrogens is 487 g/mol. The van der Waals surface area contributed by atoms with Crippen LogP contribution in [0.4, 0.5) is 19.0 Å².